The first kappa shape index (κ1) is 29.8. The Kier molecular flexibility index (Phi) is 7.93. The Balaban J connectivity index is 1.57. The molecule has 4 aromatic rings. The molecule has 228 valence electrons. The Morgan fingerprint density at radius 2 is 1.77 bits per heavy atom. The number of aryl methyl sites for hydroxylation is 2. The van der Waals surface area contributed by atoms with Crippen LogP contribution in [0.4, 0.5) is 5.82 Å². The molecule has 2 aromatic heterocycles. The van der Waals surface area contributed by atoms with E-state index in [2.05, 4.69) is 84.7 Å². The van der Waals surface area contributed by atoms with Crippen LogP contribution >= 0.6 is 0 Å². The molecule has 0 saturated carbocycles. The maximum absolute atomic E-state index is 12.8. The van der Waals surface area contributed by atoms with Gasteiger partial charge in [0.1, 0.15) is 5.82 Å². The fourth-order valence-electron chi connectivity index (χ4n) is 6.42. The van der Waals surface area contributed by atoms with E-state index in [0.29, 0.717) is 16.9 Å². The first-order chi connectivity index (χ1) is 21.0. The normalized spacial score (nSPS) is 18.7. The van der Waals surface area contributed by atoms with Crippen LogP contribution in [0.25, 0.3) is 28.0 Å². The number of benzene rings is 2. The number of ether oxygens (including phenoxy) is 1. The minimum atomic E-state index is -1.19. The quantitative estimate of drug-likeness (QED) is 0.261. The van der Waals surface area contributed by atoms with Crippen LogP contribution in [0.1, 0.15) is 69.9 Å². The van der Waals surface area contributed by atoms with Crippen molar-refractivity contribution in [3.63, 3.8) is 0 Å². The van der Waals surface area contributed by atoms with Crippen LogP contribution in [-0.4, -0.2) is 44.4 Å². The number of carbonyl (C=O) groups is 1. The van der Waals surface area contributed by atoms with Crippen LogP contribution in [0.3, 0.4) is 0 Å². The Bertz CT molecular complexity index is 1750. The van der Waals surface area contributed by atoms with Crippen molar-refractivity contribution in [2.75, 3.05) is 18.0 Å². The fourth-order valence-corrected chi connectivity index (χ4v) is 6.42. The second kappa shape index (κ2) is 11.7. The van der Waals surface area contributed by atoms with Gasteiger partial charge < -0.3 is 14.7 Å². The SMILES string of the molecule is Cc1nc2cc3nn2c(c1[C@H](OC(C)(C)C)C(=O)O)N1CCC(C)(/C=C/C=C/CCc2ccccc2-c2cccc-3c2)CC1. The molecule has 5 heterocycles. The number of allylic oxidation sites excluding steroid dienone is 4. The number of aliphatic carboxylic acids is 1. The fraction of sp³-hybridized carbons (Fsp3) is 0.378. The molecule has 0 unspecified atom stereocenters. The third-order valence-corrected chi connectivity index (χ3v) is 8.78. The lowest BCUT2D eigenvalue weighted by molar-refractivity contribution is -0.160. The predicted molar refractivity (Wildman–Crippen MR) is 176 cm³/mol. The minimum Gasteiger partial charge on any atom is -0.479 e. The summed E-state index contributed by atoms with van der Waals surface area (Å²) in [5, 5.41) is 15.6. The summed E-state index contributed by atoms with van der Waals surface area (Å²) in [5.41, 5.74) is 6.71. The van der Waals surface area contributed by atoms with E-state index in [1.165, 1.54) is 11.1 Å². The zero-order valence-electron chi connectivity index (χ0n) is 26.4. The molecule has 7 heteroatoms. The van der Waals surface area contributed by atoms with Gasteiger partial charge in [0.05, 0.1) is 16.9 Å². The second-order valence-corrected chi connectivity index (χ2v) is 13.4. The van der Waals surface area contributed by atoms with Crippen LogP contribution in [0.2, 0.25) is 0 Å². The smallest absolute Gasteiger partial charge is 0.337 e. The summed E-state index contributed by atoms with van der Waals surface area (Å²) in [6.45, 7) is 11.4. The molecule has 0 spiro atoms. The van der Waals surface area contributed by atoms with Crippen LogP contribution in [0.5, 0.6) is 0 Å². The highest BCUT2D eigenvalue weighted by atomic mass is 16.5. The highest BCUT2D eigenvalue weighted by Crippen LogP contribution is 2.40. The molecule has 1 atom stereocenters. The average Bonchev–Trinajstić information content (AvgIpc) is 3.41. The molecule has 7 rings (SSSR count). The van der Waals surface area contributed by atoms with Crippen molar-refractivity contribution in [1.29, 1.82) is 0 Å². The van der Waals surface area contributed by atoms with E-state index in [0.717, 1.165) is 61.4 Å². The molecule has 44 heavy (non-hydrogen) atoms. The maximum Gasteiger partial charge on any atom is 0.337 e. The number of fused-ring (bicyclic) bond motifs is 5. The van der Waals surface area contributed by atoms with Crippen molar-refractivity contribution < 1.29 is 14.6 Å². The number of nitrogens with zero attached hydrogens (tertiary/aromatic N) is 4. The summed E-state index contributed by atoms with van der Waals surface area (Å²) in [6.07, 6.45) is 11.6. The van der Waals surface area contributed by atoms with Crippen molar-refractivity contribution in [2.24, 2.45) is 5.41 Å². The standard InChI is InChI=1S/C37H42N4O3/c1-25-32(33(35(42)43)44-36(2,3)4)34-40-21-19-37(5,20-22-40)18-11-7-6-8-13-26-14-9-10-17-29(26)27-15-12-16-28(23-27)30-24-31(38-25)41(34)39-30/h6-7,9-12,14-18,23-24,33H,8,13,19-22H2,1-5H3,(H,42,43)/b7-6+,18-11+/t33-/m0/s1. The molecular formula is C37H42N4O3. The van der Waals surface area contributed by atoms with Gasteiger partial charge in [0.15, 0.2) is 11.8 Å². The lowest BCUT2D eigenvalue weighted by atomic mass is 9.80. The van der Waals surface area contributed by atoms with E-state index in [1.54, 1.807) is 0 Å². The van der Waals surface area contributed by atoms with Gasteiger partial charge in [-0.05, 0) is 81.5 Å². The van der Waals surface area contributed by atoms with Crippen LogP contribution in [0.15, 0.2) is 78.9 Å². The molecule has 1 saturated heterocycles. The number of hydrogen-bond acceptors (Lipinski definition) is 5. The molecule has 1 N–H and O–H groups in total. The van der Waals surface area contributed by atoms with E-state index < -0.39 is 17.7 Å². The van der Waals surface area contributed by atoms with Gasteiger partial charge in [0.25, 0.3) is 0 Å². The lowest BCUT2D eigenvalue weighted by Crippen LogP contribution is -2.40. The molecule has 0 aliphatic carbocycles. The molecule has 0 amide bonds. The van der Waals surface area contributed by atoms with Gasteiger partial charge in [-0.2, -0.15) is 9.61 Å². The maximum atomic E-state index is 12.8. The highest BCUT2D eigenvalue weighted by Gasteiger charge is 2.36. The Morgan fingerprint density at radius 3 is 2.52 bits per heavy atom. The molecule has 6 bridgehead atoms. The van der Waals surface area contributed by atoms with Gasteiger partial charge in [0, 0.05) is 30.4 Å². The number of carboxylic acid groups (broad SMARTS) is 1. The number of piperidine rings is 1. The first-order valence-corrected chi connectivity index (χ1v) is 15.6. The van der Waals surface area contributed by atoms with Gasteiger partial charge >= 0.3 is 5.97 Å². The summed E-state index contributed by atoms with van der Waals surface area (Å²) in [5.74, 6) is -0.285. The molecule has 3 aliphatic rings. The summed E-state index contributed by atoms with van der Waals surface area (Å²) in [7, 11) is 0. The third kappa shape index (κ3) is 6.06. The van der Waals surface area contributed by atoms with E-state index in [-0.39, 0.29) is 5.41 Å². The second-order valence-electron chi connectivity index (χ2n) is 13.4. The molecule has 7 nitrogen and oxygen atoms in total. The molecule has 3 aliphatic heterocycles. The zero-order valence-corrected chi connectivity index (χ0v) is 26.4. The van der Waals surface area contributed by atoms with E-state index in [4.69, 9.17) is 14.8 Å². The highest BCUT2D eigenvalue weighted by molar-refractivity contribution is 5.79. The summed E-state index contributed by atoms with van der Waals surface area (Å²) in [4.78, 5) is 20.0. The van der Waals surface area contributed by atoms with Gasteiger partial charge in [0.2, 0.25) is 0 Å². The first-order valence-electron chi connectivity index (χ1n) is 15.6. The van der Waals surface area contributed by atoms with E-state index >= 15 is 0 Å². The Labute approximate surface area is 259 Å². The predicted octanol–water partition coefficient (Wildman–Crippen LogP) is 7.98. The van der Waals surface area contributed by atoms with Gasteiger partial charge in [-0.1, -0.05) is 73.7 Å². The molecule has 2 aromatic carbocycles. The van der Waals surface area contributed by atoms with Crippen molar-refractivity contribution in [2.45, 2.75) is 72.0 Å². The lowest BCUT2D eigenvalue weighted by Gasteiger charge is -2.40. The Hall–Kier alpha value is -4.23. The monoisotopic (exact) mass is 590 g/mol. The Morgan fingerprint density at radius 1 is 1.02 bits per heavy atom. The molecule has 1 fully saturated rings. The van der Waals surface area contributed by atoms with E-state index in [9.17, 15) is 9.90 Å². The van der Waals surface area contributed by atoms with Crippen molar-refractivity contribution in [3.05, 3.63) is 95.7 Å². The summed E-state index contributed by atoms with van der Waals surface area (Å²) < 4.78 is 8.04. The van der Waals surface area contributed by atoms with E-state index in [1.807, 2.05) is 38.3 Å². The van der Waals surface area contributed by atoms with Crippen molar-refractivity contribution in [3.8, 4) is 22.4 Å². The largest absolute Gasteiger partial charge is 0.479 e. The zero-order chi connectivity index (χ0) is 31.1. The number of aromatic nitrogens is 3. The van der Waals surface area contributed by atoms with Crippen molar-refractivity contribution >= 4 is 17.4 Å². The van der Waals surface area contributed by atoms with Crippen LogP contribution < -0.4 is 4.90 Å². The number of hydrogen-bond donors (Lipinski definition) is 1. The molecule has 0 radical (unpaired) electrons. The molecular weight excluding hydrogens is 548 g/mol. The summed E-state index contributed by atoms with van der Waals surface area (Å²) in [6, 6.07) is 19.1. The number of rotatable bonds is 3. The third-order valence-electron chi connectivity index (χ3n) is 8.78. The average molecular weight is 591 g/mol. The van der Waals surface area contributed by atoms with Crippen molar-refractivity contribution in [1.82, 2.24) is 14.6 Å². The van der Waals surface area contributed by atoms with Gasteiger partial charge in [-0.15, -0.1) is 0 Å². The topological polar surface area (TPSA) is 80.0 Å². The number of anilines is 1. The summed E-state index contributed by atoms with van der Waals surface area (Å²) >= 11 is 0. The van der Waals surface area contributed by atoms with Gasteiger partial charge in [-0.3, -0.25) is 0 Å². The number of carboxylic acids is 1. The van der Waals surface area contributed by atoms with Gasteiger partial charge in [-0.25, -0.2) is 9.78 Å². The minimum absolute atomic E-state index is 0.0419. The van der Waals surface area contributed by atoms with Crippen LogP contribution in [-0.2, 0) is 16.0 Å². The van der Waals surface area contributed by atoms with Crippen LogP contribution in [0, 0.1) is 12.3 Å².